The summed E-state index contributed by atoms with van der Waals surface area (Å²) in [7, 11) is 0. The Balaban J connectivity index is 2.01. The molecule has 1 heterocycles. The third-order valence-electron chi connectivity index (χ3n) is 3.53. The van der Waals surface area contributed by atoms with Gasteiger partial charge in [-0.25, -0.2) is 0 Å². The van der Waals surface area contributed by atoms with Crippen LogP contribution < -0.4 is 16.4 Å². The van der Waals surface area contributed by atoms with Gasteiger partial charge in [-0.3, -0.25) is 4.79 Å². The summed E-state index contributed by atoms with van der Waals surface area (Å²) in [5.74, 6) is -0.428. The molecule has 0 saturated carbocycles. The van der Waals surface area contributed by atoms with E-state index in [2.05, 4.69) is 20.8 Å². The van der Waals surface area contributed by atoms with Crippen LogP contribution >= 0.6 is 15.9 Å². The zero-order chi connectivity index (χ0) is 14.3. The number of hydrogen-bond acceptors (Lipinski definition) is 3. The van der Waals surface area contributed by atoms with Crippen LogP contribution in [0.4, 0.5) is 11.4 Å². The smallest absolute Gasteiger partial charge is 0.251 e. The lowest BCUT2D eigenvalue weighted by molar-refractivity contribution is 0.1000. The van der Waals surface area contributed by atoms with Crippen LogP contribution in [0.15, 0.2) is 40.9 Å². The molecule has 2 aromatic carbocycles. The van der Waals surface area contributed by atoms with E-state index in [1.165, 1.54) is 11.1 Å². The monoisotopic (exact) mass is 331 g/mol. The van der Waals surface area contributed by atoms with Crippen molar-refractivity contribution in [3.05, 3.63) is 57.6 Å². The highest BCUT2D eigenvalue weighted by Crippen LogP contribution is 2.34. The number of rotatable bonds is 2. The van der Waals surface area contributed by atoms with Crippen molar-refractivity contribution in [2.24, 2.45) is 5.73 Å². The van der Waals surface area contributed by atoms with Gasteiger partial charge in [0.15, 0.2) is 0 Å². The molecule has 0 aromatic heterocycles. The van der Waals surface area contributed by atoms with Crippen LogP contribution in [0.1, 0.15) is 21.5 Å². The van der Waals surface area contributed by atoms with Gasteiger partial charge in [-0.1, -0.05) is 12.1 Å². The molecule has 1 amide bonds. The maximum absolute atomic E-state index is 11.7. The average Bonchev–Trinajstić information content (AvgIpc) is 2.80. The van der Waals surface area contributed by atoms with E-state index in [0.29, 0.717) is 5.56 Å². The van der Waals surface area contributed by atoms with Gasteiger partial charge < -0.3 is 16.4 Å². The fraction of sp³-hybridized carbons (Fsp3) is 0.133. The predicted molar refractivity (Wildman–Crippen MR) is 83.4 cm³/mol. The first kappa shape index (κ1) is 13.0. The highest BCUT2D eigenvalue weighted by Gasteiger charge is 2.23. The number of halogens is 1. The largest absolute Gasteiger partial charge is 0.399 e. The molecule has 1 aliphatic rings. The van der Waals surface area contributed by atoms with Crippen molar-refractivity contribution < 1.29 is 4.79 Å². The topological polar surface area (TPSA) is 72.4 Å². The number of nitrogens with two attached hydrogens (primary N) is 2. The molecule has 0 radical (unpaired) electrons. The number of anilines is 2. The lowest BCUT2D eigenvalue weighted by atomic mass is 10.1. The number of carbonyl (C=O) groups is 1. The summed E-state index contributed by atoms with van der Waals surface area (Å²) in [5.41, 5.74) is 15.9. The van der Waals surface area contributed by atoms with Crippen LogP contribution in [0.2, 0.25) is 0 Å². The first-order valence-electron chi connectivity index (χ1n) is 6.27. The van der Waals surface area contributed by atoms with E-state index in [1.54, 1.807) is 0 Å². The highest BCUT2D eigenvalue weighted by atomic mass is 79.9. The van der Waals surface area contributed by atoms with Crippen molar-refractivity contribution in [2.45, 2.75) is 13.1 Å². The zero-order valence-corrected chi connectivity index (χ0v) is 12.4. The number of nitrogens with zero attached hydrogens (tertiary/aromatic N) is 1. The van der Waals surface area contributed by atoms with Crippen LogP contribution in [0.5, 0.6) is 0 Å². The summed E-state index contributed by atoms with van der Waals surface area (Å²) >= 11 is 3.39. The lowest BCUT2D eigenvalue weighted by Crippen LogP contribution is -2.21. The second kappa shape index (κ2) is 4.83. The van der Waals surface area contributed by atoms with Crippen LogP contribution in [0, 0.1) is 0 Å². The second-order valence-electron chi connectivity index (χ2n) is 4.88. The van der Waals surface area contributed by atoms with Crippen LogP contribution in [-0.2, 0) is 13.1 Å². The van der Waals surface area contributed by atoms with Gasteiger partial charge in [0.2, 0.25) is 0 Å². The Morgan fingerprint density at radius 3 is 2.65 bits per heavy atom. The SMILES string of the molecule is NC(=O)c1c(Br)cccc1N1Cc2ccc(N)cc2C1. The minimum Gasteiger partial charge on any atom is -0.399 e. The Morgan fingerprint density at radius 1 is 1.15 bits per heavy atom. The van der Waals surface area contributed by atoms with E-state index in [9.17, 15) is 4.79 Å². The Morgan fingerprint density at radius 2 is 1.90 bits per heavy atom. The minimum atomic E-state index is -0.428. The summed E-state index contributed by atoms with van der Waals surface area (Å²) in [6.45, 7) is 1.49. The Labute approximate surface area is 125 Å². The lowest BCUT2D eigenvalue weighted by Gasteiger charge is -2.21. The van der Waals surface area contributed by atoms with E-state index in [4.69, 9.17) is 11.5 Å². The molecule has 5 heteroatoms. The molecule has 0 bridgehead atoms. The van der Waals surface area contributed by atoms with Crippen molar-refractivity contribution in [3.63, 3.8) is 0 Å². The molecule has 0 unspecified atom stereocenters. The van der Waals surface area contributed by atoms with Crippen molar-refractivity contribution in [3.8, 4) is 0 Å². The molecule has 0 aliphatic carbocycles. The first-order valence-corrected chi connectivity index (χ1v) is 7.06. The van der Waals surface area contributed by atoms with Crippen molar-refractivity contribution in [1.29, 1.82) is 0 Å². The third-order valence-corrected chi connectivity index (χ3v) is 4.19. The van der Waals surface area contributed by atoms with Crippen LogP contribution in [-0.4, -0.2) is 5.91 Å². The van der Waals surface area contributed by atoms with E-state index < -0.39 is 5.91 Å². The predicted octanol–water partition coefficient (Wildman–Crippen LogP) is 2.65. The summed E-state index contributed by atoms with van der Waals surface area (Å²) in [4.78, 5) is 13.8. The molecular weight excluding hydrogens is 318 g/mol. The number of carbonyl (C=O) groups excluding carboxylic acids is 1. The van der Waals surface area contributed by atoms with E-state index in [1.807, 2.05) is 36.4 Å². The Bertz CT molecular complexity index is 700. The summed E-state index contributed by atoms with van der Waals surface area (Å²) in [5, 5.41) is 0. The summed E-state index contributed by atoms with van der Waals surface area (Å²) in [6, 6.07) is 11.6. The Kier molecular flexibility index (Phi) is 3.14. The minimum absolute atomic E-state index is 0.428. The normalized spacial score (nSPS) is 13.3. The number of fused-ring (bicyclic) bond motifs is 1. The van der Waals surface area contributed by atoms with Gasteiger partial charge in [0, 0.05) is 23.2 Å². The van der Waals surface area contributed by atoms with Crippen molar-refractivity contribution in [1.82, 2.24) is 0 Å². The number of benzene rings is 2. The number of primary amides is 1. The third kappa shape index (κ3) is 2.14. The molecule has 4 nitrogen and oxygen atoms in total. The van der Waals surface area contributed by atoms with Gasteiger partial charge in [0.05, 0.1) is 11.3 Å². The first-order chi connectivity index (χ1) is 9.56. The molecule has 0 spiro atoms. The molecule has 0 fully saturated rings. The molecule has 1 aliphatic heterocycles. The maximum Gasteiger partial charge on any atom is 0.251 e. The second-order valence-corrected chi connectivity index (χ2v) is 5.74. The molecule has 4 N–H and O–H groups in total. The van der Waals surface area contributed by atoms with Crippen molar-refractivity contribution in [2.75, 3.05) is 10.6 Å². The average molecular weight is 332 g/mol. The highest BCUT2D eigenvalue weighted by molar-refractivity contribution is 9.10. The number of nitrogen functional groups attached to an aromatic ring is 1. The molecule has 3 rings (SSSR count). The van der Waals surface area contributed by atoms with Gasteiger partial charge in [-0.15, -0.1) is 0 Å². The van der Waals surface area contributed by atoms with Crippen LogP contribution in [0.25, 0.3) is 0 Å². The summed E-state index contributed by atoms with van der Waals surface area (Å²) < 4.78 is 0.720. The fourth-order valence-electron chi connectivity index (χ4n) is 2.60. The van der Waals surface area contributed by atoms with E-state index in [0.717, 1.165) is 28.9 Å². The van der Waals surface area contributed by atoms with Gasteiger partial charge in [-0.05, 0) is 51.3 Å². The fourth-order valence-corrected chi connectivity index (χ4v) is 3.16. The molecular formula is C15H14BrN3O. The molecule has 0 atom stereocenters. The maximum atomic E-state index is 11.7. The molecule has 20 heavy (non-hydrogen) atoms. The zero-order valence-electron chi connectivity index (χ0n) is 10.8. The van der Waals surface area contributed by atoms with Gasteiger partial charge in [-0.2, -0.15) is 0 Å². The van der Waals surface area contributed by atoms with Gasteiger partial charge in [0.1, 0.15) is 0 Å². The Hall–Kier alpha value is -2.01. The van der Waals surface area contributed by atoms with Crippen molar-refractivity contribution >= 4 is 33.2 Å². The molecule has 102 valence electrons. The van der Waals surface area contributed by atoms with E-state index in [-0.39, 0.29) is 0 Å². The molecule has 2 aromatic rings. The quantitative estimate of drug-likeness (QED) is 0.831. The number of amides is 1. The number of hydrogen-bond donors (Lipinski definition) is 2. The van der Waals surface area contributed by atoms with Crippen LogP contribution in [0.3, 0.4) is 0 Å². The van der Waals surface area contributed by atoms with E-state index >= 15 is 0 Å². The summed E-state index contributed by atoms with van der Waals surface area (Å²) in [6.07, 6.45) is 0. The van der Waals surface area contributed by atoms with Gasteiger partial charge >= 0.3 is 0 Å². The standard InChI is InChI=1S/C15H14BrN3O/c16-12-2-1-3-13(14(12)15(18)20)19-7-9-4-5-11(17)6-10(9)8-19/h1-6H,7-8,17H2,(H2,18,20). The molecule has 0 saturated heterocycles. The van der Waals surface area contributed by atoms with Gasteiger partial charge in [0.25, 0.3) is 5.91 Å².